The Balaban J connectivity index is 1.83. The van der Waals surface area contributed by atoms with Crippen LogP contribution in [0.3, 0.4) is 0 Å². The first-order valence-electron chi connectivity index (χ1n) is 12.8. The molecule has 0 aromatic heterocycles. The maximum atomic E-state index is 13.7. The molecule has 2 atom stereocenters. The zero-order valence-electron chi connectivity index (χ0n) is 21.8. The second-order valence-corrected chi connectivity index (χ2v) is 11.3. The molecular formula is C29H40F2N2O3. The average molecular weight is 503 g/mol. The SMILES string of the molecule is CC(=O)N[C@H](Cc1cc(F)cc(F)c1)[C@H](O)CNC1(c2cccc(C(C)(C)C)c2)CCC(CO)CC1. The number of hydrogen-bond donors (Lipinski definition) is 4. The van der Waals surface area contributed by atoms with E-state index in [1.807, 2.05) is 0 Å². The van der Waals surface area contributed by atoms with Gasteiger partial charge in [0.2, 0.25) is 5.91 Å². The molecule has 1 amide bonds. The summed E-state index contributed by atoms with van der Waals surface area (Å²) < 4.78 is 27.5. The van der Waals surface area contributed by atoms with Crippen LogP contribution in [0.5, 0.6) is 0 Å². The van der Waals surface area contributed by atoms with Gasteiger partial charge in [0.1, 0.15) is 11.6 Å². The van der Waals surface area contributed by atoms with Crippen LogP contribution >= 0.6 is 0 Å². The lowest BCUT2D eigenvalue weighted by Crippen LogP contribution is -2.53. The predicted octanol–water partition coefficient (Wildman–Crippen LogP) is 4.34. The molecule has 1 aliphatic carbocycles. The van der Waals surface area contributed by atoms with Crippen LogP contribution in [0.25, 0.3) is 0 Å². The molecule has 7 heteroatoms. The smallest absolute Gasteiger partial charge is 0.217 e. The number of aliphatic hydroxyl groups excluding tert-OH is 2. The second kappa shape index (κ2) is 11.8. The van der Waals surface area contributed by atoms with E-state index in [9.17, 15) is 23.8 Å². The monoisotopic (exact) mass is 502 g/mol. The Bertz CT molecular complexity index is 1010. The topological polar surface area (TPSA) is 81.6 Å². The molecule has 0 heterocycles. The molecule has 0 radical (unpaired) electrons. The molecule has 1 saturated carbocycles. The minimum atomic E-state index is -0.988. The third kappa shape index (κ3) is 7.34. The van der Waals surface area contributed by atoms with E-state index in [1.54, 1.807) is 0 Å². The summed E-state index contributed by atoms with van der Waals surface area (Å²) in [6.45, 7) is 8.22. The van der Waals surface area contributed by atoms with Crippen molar-refractivity contribution in [3.05, 3.63) is 70.8 Å². The summed E-state index contributed by atoms with van der Waals surface area (Å²) in [5.74, 6) is -1.47. The number of benzene rings is 2. The van der Waals surface area contributed by atoms with E-state index in [2.05, 4.69) is 55.7 Å². The molecule has 0 aliphatic heterocycles. The molecule has 0 bridgehead atoms. The molecule has 2 aromatic carbocycles. The third-order valence-electron chi connectivity index (χ3n) is 7.38. The van der Waals surface area contributed by atoms with Crippen LogP contribution in [0.4, 0.5) is 8.78 Å². The first-order chi connectivity index (χ1) is 16.9. The average Bonchev–Trinajstić information content (AvgIpc) is 2.81. The van der Waals surface area contributed by atoms with Crippen molar-refractivity contribution in [1.29, 1.82) is 0 Å². The molecule has 5 nitrogen and oxygen atoms in total. The van der Waals surface area contributed by atoms with Crippen molar-refractivity contribution in [3.8, 4) is 0 Å². The third-order valence-corrected chi connectivity index (χ3v) is 7.38. The van der Waals surface area contributed by atoms with E-state index in [0.717, 1.165) is 37.3 Å². The quantitative estimate of drug-likeness (QED) is 0.411. The normalized spacial score (nSPS) is 22.2. The number of rotatable bonds is 9. The van der Waals surface area contributed by atoms with Crippen LogP contribution in [-0.2, 0) is 22.2 Å². The summed E-state index contributed by atoms with van der Waals surface area (Å²) in [6.07, 6.45) is 2.43. The molecule has 0 spiro atoms. The van der Waals surface area contributed by atoms with Crippen molar-refractivity contribution in [1.82, 2.24) is 10.6 Å². The van der Waals surface area contributed by atoms with E-state index >= 15 is 0 Å². The van der Waals surface area contributed by atoms with Gasteiger partial charge in [0, 0.05) is 31.7 Å². The Morgan fingerprint density at radius 3 is 2.31 bits per heavy atom. The van der Waals surface area contributed by atoms with Gasteiger partial charge in [-0.2, -0.15) is 0 Å². The number of nitrogens with one attached hydrogen (secondary N) is 2. The molecule has 4 N–H and O–H groups in total. The Kier molecular flexibility index (Phi) is 9.25. The van der Waals surface area contributed by atoms with Crippen LogP contribution < -0.4 is 10.6 Å². The van der Waals surface area contributed by atoms with Gasteiger partial charge in [-0.15, -0.1) is 0 Å². The molecule has 0 saturated heterocycles. The van der Waals surface area contributed by atoms with Gasteiger partial charge in [-0.05, 0) is 72.3 Å². The maximum Gasteiger partial charge on any atom is 0.217 e. The highest BCUT2D eigenvalue weighted by Crippen LogP contribution is 2.40. The fourth-order valence-corrected chi connectivity index (χ4v) is 5.17. The van der Waals surface area contributed by atoms with E-state index in [1.165, 1.54) is 24.6 Å². The Hall–Kier alpha value is -2.35. The molecule has 198 valence electrons. The van der Waals surface area contributed by atoms with Gasteiger partial charge in [-0.1, -0.05) is 45.0 Å². The molecular weight excluding hydrogens is 462 g/mol. The van der Waals surface area contributed by atoms with Gasteiger partial charge in [0.05, 0.1) is 12.1 Å². The zero-order chi connectivity index (χ0) is 26.5. The van der Waals surface area contributed by atoms with Crippen molar-refractivity contribution in [2.75, 3.05) is 13.2 Å². The first-order valence-corrected chi connectivity index (χ1v) is 12.8. The summed E-state index contributed by atoms with van der Waals surface area (Å²) in [6, 6.07) is 11.0. The Morgan fingerprint density at radius 2 is 1.75 bits per heavy atom. The van der Waals surface area contributed by atoms with E-state index < -0.39 is 23.8 Å². The van der Waals surface area contributed by atoms with Gasteiger partial charge in [0.25, 0.3) is 0 Å². The molecule has 36 heavy (non-hydrogen) atoms. The maximum absolute atomic E-state index is 13.7. The molecule has 3 rings (SSSR count). The van der Waals surface area contributed by atoms with Gasteiger partial charge in [-0.3, -0.25) is 4.79 Å². The number of carbonyl (C=O) groups is 1. The Labute approximate surface area is 213 Å². The summed E-state index contributed by atoms with van der Waals surface area (Å²) >= 11 is 0. The zero-order valence-corrected chi connectivity index (χ0v) is 21.8. The summed E-state index contributed by atoms with van der Waals surface area (Å²) in [7, 11) is 0. The summed E-state index contributed by atoms with van der Waals surface area (Å²) in [4.78, 5) is 11.9. The van der Waals surface area contributed by atoms with Crippen LogP contribution in [0.15, 0.2) is 42.5 Å². The number of aliphatic hydroxyl groups is 2. The standard InChI is InChI=1S/C29H40F2N2O3/c1-19(35)33-26(14-21-12-24(30)16-25(31)13-21)27(36)17-32-29(10-8-20(18-34)9-11-29)23-7-5-6-22(15-23)28(2,3)4/h5-7,12-13,15-16,20,26-27,32,34,36H,8-11,14,17-18H2,1-4H3,(H,33,35)/t20?,26-,27-,29?/m1/s1. The van der Waals surface area contributed by atoms with Crippen LogP contribution in [0.2, 0.25) is 0 Å². The van der Waals surface area contributed by atoms with Crippen molar-refractivity contribution in [2.24, 2.45) is 5.92 Å². The fraction of sp³-hybridized carbons (Fsp3) is 0.552. The summed E-state index contributed by atoms with van der Waals surface area (Å²) in [5, 5.41) is 27.2. The molecule has 2 aromatic rings. The number of amides is 1. The second-order valence-electron chi connectivity index (χ2n) is 11.3. The first kappa shape index (κ1) is 28.2. The van der Waals surface area contributed by atoms with Crippen molar-refractivity contribution < 1.29 is 23.8 Å². The number of carbonyl (C=O) groups excluding carboxylic acids is 1. The summed E-state index contributed by atoms with van der Waals surface area (Å²) in [5.41, 5.74) is 2.31. The fourth-order valence-electron chi connectivity index (χ4n) is 5.17. The van der Waals surface area contributed by atoms with Gasteiger partial charge < -0.3 is 20.8 Å². The minimum Gasteiger partial charge on any atom is -0.396 e. The van der Waals surface area contributed by atoms with Gasteiger partial charge in [-0.25, -0.2) is 8.78 Å². The van der Waals surface area contributed by atoms with Crippen LogP contribution in [0, 0.1) is 17.6 Å². The lowest BCUT2D eigenvalue weighted by molar-refractivity contribution is -0.120. The van der Waals surface area contributed by atoms with E-state index in [4.69, 9.17) is 0 Å². The lowest BCUT2D eigenvalue weighted by Gasteiger charge is -2.43. The minimum absolute atomic E-state index is 0.0181. The highest BCUT2D eigenvalue weighted by Gasteiger charge is 2.38. The van der Waals surface area contributed by atoms with Crippen molar-refractivity contribution in [3.63, 3.8) is 0 Å². The van der Waals surface area contributed by atoms with Crippen molar-refractivity contribution in [2.45, 2.75) is 82.9 Å². The predicted molar refractivity (Wildman–Crippen MR) is 138 cm³/mol. The van der Waals surface area contributed by atoms with Crippen molar-refractivity contribution >= 4 is 5.91 Å². The highest BCUT2D eigenvalue weighted by atomic mass is 19.1. The number of halogens is 2. The molecule has 1 fully saturated rings. The largest absolute Gasteiger partial charge is 0.396 e. The highest BCUT2D eigenvalue weighted by molar-refractivity contribution is 5.73. The van der Waals surface area contributed by atoms with Crippen LogP contribution in [-0.4, -0.2) is 41.4 Å². The number of hydrogen-bond acceptors (Lipinski definition) is 4. The Morgan fingerprint density at radius 1 is 1.11 bits per heavy atom. The lowest BCUT2D eigenvalue weighted by atomic mass is 9.71. The molecule has 0 unspecified atom stereocenters. The van der Waals surface area contributed by atoms with E-state index in [0.29, 0.717) is 5.56 Å². The van der Waals surface area contributed by atoms with E-state index in [-0.39, 0.29) is 42.4 Å². The van der Waals surface area contributed by atoms with Gasteiger partial charge in [0.15, 0.2) is 0 Å². The molecule has 1 aliphatic rings. The van der Waals surface area contributed by atoms with Gasteiger partial charge >= 0.3 is 0 Å². The van der Waals surface area contributed by atoms with Crippen LogP contribution in [0.1, 0.15) is 70.1 Å².